The lowest BCUT2D eigenvalue weighted by Gasteiger charge is -2.34. The number of piperidine rings is 1. The Balaban J connectivity index is 1.45. The van der Waals surface area contributed by atoms with Gasteiger partial charge in [0.05, 0.1) is 11.7 Å². The van der Waals surface area contributed by atoms with Gasteiger partial charge in [-0.05, 0) is 55.5 Å². The Morgan fingerprint density at radius 2 is 2.23 bits per heavy atom. The summed E-state index contributed by atoms with van der Waals surface area (Å²) in [5.74, 6) is 0.123. The van der Waals surface area contributed by atoms with E-state index in [4.69, 9.17) is 0 Å². The molecule has 134 valence electrons. The van der Waals surface area contributed by atoms with E-state index in [0.717, 1.165) is 53.0 Å². The Bertz CT molecular complexity index is 923. The summed E-state index contributed by atoms with van der Waals surface area (Å²) >= 11 is 1.66. The first-order valence-corrected chi connectivity index (χ1v) is 10.1. The fraction of sp³-hybridized carbons (Fsp3) is 0.300. The van der Waals surface area contributed by atoms with Crippen LogP contribution in [0.3, 0.4) is 0 Å². The maximum atomic E-state index is 12.9. The summed E-state index contributed by atoms with van der Waals surface area (Å²) in [7, 11) is 0. The van der Waals surface area contributed by atoms with E-state index in [9.17, 15) is 4.79 Å². The molecule has 1 saturated heterocycles. The lowest BCUT2D eigenvalue weighted by Crippen LogP contribution is -2.45. The van der Waals surface area contributed by atoms with Gasteiger partial charge < -0.3 is 10.2 Å². The van der Waals surface area contributed by atoms with Crippen molar-refractivity contribution in [3.05, 3.63) is 54.2 Å². The third-order valence-corrected chi connectivity index (χ3v) is 5.56. The van der Waals surface area contributed by atoms with E-state index < -0.39 is 0 Å². The summed E-state index contributed by atoms with van der Waals surface area (Å²) in [6.45, 7) is 1.55. The number of anilines is 1. The first-order valence-electron chi connectivity index (χ1n) is 8.86. The van der Waals surface area contributed by atoms with Gasteiger partial charge >= 0.3 is 0 Å². The highest BCUT2D eigenvalue weighted by Gasteiger charge is 2.24. The van der Waals surface area contributed by atoms with E-state index in [2.05, 4.69) is 27.6 Å². The van der Waals surface area contributed by atoms with Crippen LogP contribution in [0.25, 0.3) is 10.9 Å². The summed E-state index contributed by atoms with van der Waals surface area (Å²) in [5, 5.41) is 11.7. The Labute approximate surface area is 157 Å². The number of hydrogen-bond donors (Lipinski definition) is 2. The number of likely N-dealkylation sites (tertiary alicyclic amines) is 1. The normalized spacial score (nSPS) is 17.4. The maximum Gasteiger partial charge on any atom is 0.253 e. The summed E-state index contributed by atoms with van der Waals surface area (Å²) < 4.78 is 0. The molecule has 2 N–H and O–H groups in total. The highest BCUT2D eigenvalue weighted by Crippen LogP contribution is 2.22. The topological polar surface area (TPSA) is 61.0 Å². The molecule has 5 nitrogen and oxygen atoms in total. The van der Waals surface area contributed by atoms with Crippen LogP contribution in [0.1, 0.15) is 23.2 Å². The maximum absolute atomic E-state index is 12.9. The average molecular weight is 366 g/mol. The quantitative estimate of drug-likeness (QED) is 0.685. The van der Waals surface area contributed by atoms with Gasteiger partial charge in [-0.2, -0.15) is 5.10 Å². The van der Waals surface area contributed by atoms with Gasteiger partial charge in [-0.1, -0.05) is 6.07 Å². The molecule has 0 radical (unpaired) electrons. The molecule has 0 aliphatic carbocycles. The molecule has 26 heavy (non-hydrogen) atoms. The van der Waals surface area contributed by atoms with Gasteiger partial charge in [0.25, 0.3) is 5.91 Å². The van der Waals surface area contributed by atoms with Gasteiger partial charge in [0.2, 0.25) is 0 Å². The van der Waals surface area contributed by atoms with E-state index >= 15 is 0 Å². The number of nitrogens with zero attached hydrogens (tertiary/aromatic N) is 2. The lowest BCUT2D eigenvalue weighted by atomic mass is 10.0. The number of rotatable bonds is 4. The van der Waals surface area contributed by atoms with Crippen LogP contribution in [-0.4, -0.2) is 46.4 Å². The molecule has 0 saturated carbocycles. The van der Waals surface area contributed by atoms with Crippen molar-refractivity contribution in [2.45, 2.75) is 23.8 Å². The second kappa shape index (κ2) is 7.41. The number of amides is 1. The van der Waals surface area contributed by atoms with Crippen molar-refractivity contribution < 1.29 is 4.79 Å². The Morgan fingerprint density at radius 3 is 3.12 bits per heavy atom. The van der Waals surface area contributed by atoms with Crippen LogP contribution in [0.5, 0.6) is 0 Å². The minimum Gasteiger partial charge on any atom is -0.381 e. The standard InChI is InChI=1S/C20H22N4OS/c1-26-18-6-2-4-14(11-18)20(25)24-9-3-5-17(13-24)22-16-7-8-19-15(10-16)12-21-23-19/h2,4,6-8,10-12,17,22H,3,5,9,13H2,1H3,(H,21,23). The number of H-pyrrole nitrogens is 1. The van der Waals surface area contributed by atoms with Gasteiger partial charge in [-0.3, -0.25) is 9.89 Å². The highest BCUT2D eigenvalue weighted by atomic mass is 32.2. The molecule has 2 heterocycles. The number of fused-ring (bicyclic) bond motifs is 1. The number of aromatic nitrogens is 2. The molecule has 1 fully saturated rings. The SMILES string of the molecule is CSc1cccc(C(=O)N2CCCC(Nc3ccc4[nH]ncc4c3)C2)c1. The third kappa shape index (κ3) is 3.55. The van der Waals surface area contributed by atoms with Crippen molar-refractivity contribution in [1.82, 2.24) is 15.1 Å². The van der Waals surface area contributed by atoms with Crippen LogP contribution < -0.4 is 5.32 Å². The van der Waals surface area contributed by atoms with Crippen LogP contribution in [0.4, 0.5) is 5.69 Å². The second-order valence-electron chi connectivity index (χ2n) is 6.64. The third-order valence-electron chi connectivity index (χ3n) is 4.84. The van der Waals surface area contributed by atoms with Crippen molar-refractivity contribution in [3.63, 3.8) is 0 Å². The van der Waals surface area contributed by atoms with Crippen LogP contribution in [0.2, 0.25) is 0 Å². The molecule has 2 aromatic carbocycles. The minimum absolute atomic E-state index is 0.123. The number of carbonyl (C=O) groups is 1. The minimum atomic E-state index is 0.123. The van der Waals surface area contributed by atoms with Crippen LogP contribution >= 0.6 is 11.8 Å². The number of thioether (sulfide) groups is 1. The fourth-order valence-electron chi connectivity index (χ4n) is 3.49. The molecule has 1 aliphatic heterocycles. The first kappa shape index (κ1) is 17.0. The van der Waals surface area contributed by atoms with Gasteiger partial charge in [-0.25, -0.2) is 0 Å². The summed E-state index contributed by atoms with van der Waals surface area (Å²) in [6.07, 6.45) is 5.94. The van der Waals surface area contributed by atoms with Crippen LogP contribution in [0, 0.1) is 0 Å². The molecular weight excluding hydrogens is 344 g/mol. The molecular formula is C20H22N4OS. The monoisotopic (exact) mass is 366 g/mol. The van der Waals surface area contributed by atoms with E-state index in [1.165, 1.54) is 0 Å². The molecule has 1 amide bonds. The Hall–Kier alpha value is -2.47. The second-order valence-corrected chi connectivity index (χ2v) is 7.52. The van der Waals surface area contributed by atoms with Crippen molar-refractivity contribution in [3.8, 4) is 0 Å². The smallest absolute Gasteiger partial charge is 0.253 e. The zero-order valence-corrected chi connectivity index (χ0v) is 15.6. The number of hydrogen-bond acceptors (Lipinski definition) is 4. The van der Waals surface area contributed by atoms with Crippen molar-refractivity contribution in [2.24, 2.45) is 0 Å². The van der Waals surface area contributed by atoms with E-state index in [1.807, 2.05) is 47.7 Å². The Kier molecular flexibility index (Phi) is 4.84. The summed E-state index contributed by atoms with van der Waals surface area (Å²) in [6, 6.07) is 14.3. The molecule has 0 bridgehead atoms. The number of aromatic amines is 1. The molecule has 1 unspecified atom stereocenters. The van der Waals surface area contributed by atoms with Crippen LogP contribution in [0.15, 0.2) is 53.6 Å². The predicted molar refractivity (Wildman–Crippen MR) is 107 cm³/mol. The summed E-state index contributed by atoms with van der Waals surface area (Å²) in [5.41, 5.74) is 2.88. The number of carbonyl (C=O) groups excluding carboxylic acids is 1. The van der Waals surface area contributed by atoms with E-state index in [0.29, 0.717) is 0 Å². The zero-order chi connectivity index (χ0) is 17.9. The zero-order valence-electron chi connectivity index (χ0n) is 14.7. The van der Waals surface area contributed by atoms with Crippen molar-refractivity contribution in [1.29, 1.82) is 0 Å². The van der Waals surface area contributed by atoms with Gasteiger partial charge in [0.15, 0.2) is 0 Å². The van der Waals surface area contributed by atoms with Crippen molar-refractivity contribution in [2.75, 3.05) is 24.7 Å². The molecule has 0 spiro atoms. The molecule has 3 aromatic rings. The molecule has 4 rings (SSSR count). The molecule has 1 aliphatic rings. The van der Waals surface area contributed by atoms with Gasteiger partial charge in [0.1, 0.15) is 0 Å². The highest BCUT2D eigenvalue weighted by molar-refractivity contribution is 7.98. The molecule has 1 aromatic heterocycles. The Morgan fingerprint density at radius 1 is 1.31 bits per heavy atom. The van der Waals surface area contributed by atoms with Crippen molar-refractivity contribution >= 4 is 34.3 Å². The fourth-order valence-corrected chi connectivity index (χ4v) is 3.95. The number of benzene rings is 2. The lowest BCUT2D eigenvalue weighted by molar-refractivity contribution is 0.0714. The molecule has 1 atom stereocenters. The predicted octanol–water partition coefficient (Wildman–Crippen LogP) is 4.00. The largest absolute Gasteiger partial charge is 0.381 e. The molecule has 6 heteroatoms. The average Bonchev–Trinajstić information content (AvgIpc) is 3.15. The number of nitrogens with one attached hydrogen (secondary N) is 2. The van der Waals surface area contributed by atoms with E-state index in [1.54, 1.807) is 11.8 Å². The van der Waals surface area contributed by atoms with Crippen LogP contribution in [-0.2, 0) is 0 Å². The summed E-state index contributed by atoms with van der Waals surface area (Å²) in [4.78, 5) is 16.0. The van der Waals surface area contributed by atoms with Gasteiger partial charge in [0, 0.05) is 40.7 Å². The van der Waals surface area contributed by atoms with Gasteiger partial charge in [-0.15, -0.1) is 11.8 Å². The first-order chi connectivity index (χ1) is 12.7. The van der Waals surface area contributed by atoms with E-state index in [-0.39, 0.29) is 11.9 Å².